The third-order valence-corrected chi connectivity index (χ3v) is 5.82. The van der Waals surface area contributed by atoms with Crippen LogP contribution in [0.2, 0.25) is 0 Å². The van der Waals surface area contributed by atoms with Crippen molar-refractivity contribution in [2.75, 3.05) is 0 Å². The van der Waals surface area contributed by atoms with Gasteiger partial charge in [-0.3, -0.25) is 15.1 Å². The van der Waals surface area contributed by atoms with Gasteiger partial charge in [-0.05, 0) is 55.8 Å². The first-order valence-corrected chi connectivity index (χ1v) is 10.5. The van der Waals surface area contributed by atoms with E-state index in [2.05, 4.69) is 69.3 Å². The zero-order valence-corrected chi connectivity index (χ0v) is 17.7. The lowest BCUT2D eigenvalue weighted by Gasteiger charge is -2.04. The van der Waals surface area contributed by atoms with Gasteiger partial charge in [-0.2, -0.15) is 5.10 Å². The maximum atomic E-state index is 4.94. The van der Waals surface area contributed by atoms with Gasteiger partial charge in [0.2, 0.25) is 0 Å². The van der Waals surface area contributed by atoms with Crippen LogP contribution >= 0.6 is 0 Å². The Hall–Kier alpha value is -4.32. The lowest BCUT2D eigenvalue weighted by molar-refractivity contribution is 1.12. The third-order valence-electron chi connectivity index (χ3n) is 5.82. The van der Waals surface area contributed by atoms with Crippen molar-refractivity contribution in [3.63, 3.8) is 0 Å². The fourth-order valence-electron chi connectivity index (χ4n) is 4.17. The van der Waals surface area contributed by atoms with Crippen molar-refractivity contribution >= 4 is 21.9 Å². The molecular weight excluding hydrogens is 396 g/mol. The van der Waals surface area contributed by atoms with E-state index in [1.165, 1.54) is 5.56 Å². The Morgan fingerprint density at radius 1 is 0.844 bits per heavy atom. The van der Waals surface area contributed by atoms with Crippen molar-refractivity contribution in [3.05, 3.63) is 84.3 Å². The maximum Gasteiger partial charge on any atom is 0.135 e. The molecule has 6 aromatic rings. The Morgan fingerprint density at radius 2 is 1.78 bits per heavy atom. The highest BCUT2D eigenvalue weighted by atomic mass is 15.1. The first-order valence-electron chi connectivity index (χ1n) is 10.5. The molecule has 0 bridgehead atoms. The van der Waals surface area contributed by atoms with E-state index in [0.717, 1.165) is 61.4 Å². The highest BCUT2D eigenvalue weighted by Gasteiger charge is 2.16. The van der Waals surface area contributed by atoms with E-state index in [-0.39, 0.29) is 0 Å². The molecule has 0 saturated heterocycles. The molecule has 0 atom stereocenters. The predicted molar refractivity (Wildman–Crippen MR) is 127 cm³/mol. The summed E-state index contributed by atoms with van der Waals surface area (Å²) in [6, 6.07) is 18.5. The second-order valence-electron chi connectivity index (χ2n) is 8.03. The number of nitrogens with zero attached hydrogens (tertiary/aromatic N) is 4. The summed E-state index contributed by atoms with van der Waals surface area (Å²) in [5.41, 5.74) is 10.7. The van der Waals surface area contributed by atoms with Crippen molar-refractivity contribution < 1.29 is 0 Å². The maximum absolute atomic E-state index is 4.94. The molecule has 0 aliphatic rings. The second kappa shape index (κ2) is 7.13. The normalized spacial score (nSPS) is 11.4. The summed E-state index contributed by atoms with van der Waals surface area (Å²) >= 11 is 0. The molecule has 2 N–H and O–H groups in total. The number of nitrogens with one attached hydrogen (secondary N) is 2. The van der Waals surface area contributed by atoms with Crippen molar-refractivity contribution in [1.82, 2.24) is 30.1 Å². The zero-order valence-electron chi connectivity index (χ0n) is 17.7. The van der Waals surface area contributed by atoms with E-state index in [0.29, 0.717) is 0 Å². The van der Waals surface area contributed by atoms with E-state index in [1.807, 2.05) is 36.7 Å². The highest BCUT2D eigenvalue weighted by molar-refractivity contribution is 5.99. The zero-order chi connectivity index (χ0) is 21.7. The van der Waals surface area contributed by atoms with Crippen molar-refractivity contribution in [1.29, 1.82) is 0 Å². The number of aromatic nitrogens is 6. The molecule has 32 heavy (non-hydrogen) atoms. The minimum atomic E-state index is 0.787. The van der Waals surface area contributed by atoms with E-state index in [4.69, 9.17) is 4.98 Å². The van der Waals surface area contributed by atoms with E-state index in [9.17, 15) is 0 Å². The van der Waals surface area contributed by atoms with Crippen molar-refractivity contribution in [2.24, 2.45) is 0 Å². The Kier molecular flexibility index (Phi) is 4.11. The molecule has 0 saturated carbocycles. The van der Waals surface area contributed by atoms with Gasteiger partial charge in [-0.1, -0.05) is 23.8 Å². The summed E-state index contributed by atoms with van der Waals surface area (Å²) in [7, 11) is 0. The minimum absolute atomic E-state index is 0.787. The Morgan fingerprint density at radius 3 is 2.66 bits per heavy atom. The van der Waals surface area contributed by atoms with Gasteiger partial charge < -0.3 is 4.98 Å². The summed E-state index contributed by atoms with van der Waals surface area (Å²) in [4.78, 5) is 17.4. The van der Waals surface area contributed by atoms with Crippen LogP contribution in [-0.2, 0) is 0 Å². The SMILES string of the molecule is Cc1cccc(-c2nccc3[nH]c(-c4n[nH]c5ccc(-c6cnccc6C)nc45)cc23)c1. The number of H-pyrrole nitrogens is 2. The standard InChI is InChI=1S/C26H20N6/c1-15-4-3-5-17(12-15)24-18-13-23(29-21(18)9-11-28-24)26-25-22(31-32-26)7-6-20(30-25)19-14-27-10-8-16(19)2/h3-14,29H,1-2H3,(H,31,32). The topological polar surface area (TPSA) is 83.1 Å². The van der Waals surface area contributed by atoms with Crippen LogP contribution < -0.4 is 0 Å². The molecule has 6 rings (SSSR count). The first-order chi connectivity index (χ1) is 15.7. The monoisotopic (exact) mass is 416 g/mol. The van der Waals surface area contributed by atoms with Gasteiger partial charge in [0.05, 0.1) is 22.6 Å². The van der Waals surface area contributed by atoms with Gasteiger partial charge in [-0.25, -0.2) is 4.98 Å². The van der Waals surface area contributed by atoms with Gasteiger partial charge in [0.15, 0.2) is 0 Å². The Labute approximate surface area is 184 Å². The minimum Gasteiger partial charge on any atom is -0.353 e. The number of benzene rings is 1. The van der Waals surface area contributed by atoms with Crippen LogP contribution in [-0.4, -0.2) is 30.1 Å². The molecule has 0 spiro atoms. The van der Waals surface area contributed by atoms with E-state index in [1.54, 1.807) is 6.20 Å². The number of aryl methyl sites for hydroxylation is 2. The number of hydrogen-bond acceptors (Lipinski definition) is 4. The quantitative estimate of drug-likeness (QED) is 0.379. The van der Waals surface area contributed by atoms with Crippen LogP contribution in [0.4, 0.5) is 0 Å². The smallest absolute Gasteiger partial charge is 0.135 e. The molecule has 0 fully saturated rings. The van der Waals surface area contributed by atoms with Crippen LogP contribution in [0.3, 0.4) is 0 Å². The second-order valence-corrected chi connectivity index (χ2v) is 8.03. The molecule has 0 aliphatic carbocycles. The van der Waals surface area contributed by atoms with Crippen molar-refractivity contribution in [3.8, 4) is 33.9 Å². The fraction of sp³-hybridized carbons (Fsp3) is 0.0769. The molecule has 154 valence electrons. The summed E-state index contributed by atoms with van der Waals surface area (Å²) < 4.78 is 0. The summed E-state index contributed by atoms with van der Waals surface area (Å²) in [6.07, 6.45) is 5.49. The van der Waals surface area contributed by atoms with Gasteiger partial charge in [0.1, 0.15) is 11.2 Å². The molecule has 5 heterocycles. The van der Waals surface area contributed by atoms with Crippen LogP contribution in [0.15, 0.2) is 73.2 Å². The third kappa shape index (κ3) is 2.96. The molecule has 5 aromatic heterocycles. The van der Waals surface area contributed by atoms with Gasteiger partial charge in [0.25, 0.3) is 0 Å². The lowest BCUT2D eigenvalue weighted by Crippen LogP contribution is -1.89. The first kappa shape index (κ1) is 18.4. The number of aromatic amines is 2. The molecular formula is C26H20N6. The average molecular weight is 416 g/mol. The van der Waals surface area contributed by atoms with Crippen LogP contribution in [0.1, 0.15) is 11.1 Å². The number of pyridine rings is 3. The van der Waals surface area contributed by atoms with Crippen molar-refractivity contribution in [2.45, 2.75) is 13.8 Å². The number of rotatable bonds is 3. The number of hydrogen-bond donors (Lipinski definition) is 2. The Balaban J connectivity index is 1.52. The summed E-state index contributed by atoms with van der Waals surface area (Å²) in [5, 5.41) is 8.75. The molecule has 0 aliphatic heterocycles. The van der Waals surface area contributed by atoms with Gasteiger partial charge in [0, 0.05) is 40.6 Å². The predicted octanol–water partition coefficient (Wildman–Crippen LogP) is 5.85. The average Bonchev–Trinajstić information content (AvgIpc) is 3.42. The summed E-state index contributed by atoms with van der Waals surface area (Å²) in [6.45, 7) is 4.16. The molecule has 1 aromatic carbocycles. The molecule has 6 heteroatoms. The van der Waals surface area contributed by atoms with Crippen LogP contribution in [0.5, 0.6) is 0 Å². The highest BCUT2D eigenvalue weighted by Crippen LogP contribution is 2.33. The number of fused-ring (bicyclic) bond motifs is 2. The van der Waals surface area contributed by atoms with E-state index < -0.39 is 0 Å². The van der Waals surface area contributed by atoms with Crippen LogP contribution in [0.25, 0.3) is 55.8 Å². The summed E-state index contributed by atoms with van der Waals surface area (Å²) in [5.74, 6) is 0. The van der Waals surface area contributed by atoms with Gasteiger partial charge >= 0.3 is 0 Å². The largest absolute Gasteiger partial charge is 0.353 e. The van der Waals surface area contributed by atoms with Gasteiger partial charge in [-0.15, -0.1) is 0 Å². The molecule has 0 unspecified atom stereocenters. The van der Waals surface area contributed by atoms with E-state index >= 15 is 0 Å². The molecule has 0 amide bonds. The fourth-order valence-corrected chi connectivity index (χ4v) is 4.17. The van der Waals surface area contributed by atoms with Crippen LogP contribution in [0, 0.1) is 13.8 Å². The molecule has 0 radical (unpaired) electrons. The lowest BCUT2D eigenvalue weighted by atomic mass is 10.1. The Bertz CT molecular complexity index is 1610. The molecule has 6 nitrogen and oxygen atoms in total.